The van der Waals surface area contributed by atoms with Gasteiger partial charge in [0, 0.05) is 17.8 Å². The number of carbonyl (C=O) groups excluding carboxylic acids is 1. The van der Waals surface area contributed by atoms with E-state index in [1.807, 2.05) is 6.92 Å². The van der Waals surface area contributed by atoms with Crippen LogP contribution in [-0.2, 0) is 9.53 Å². The van der Waals surface area contributed by atoms with Crippen molar-refractivity contribution in [1.82, 2.24) is 4.98 Å². The summed E-state index contributed by atoms with van der Waals surface area (Å²) in [6, 6.07) is 3.53. The number of aliphatic carboxylic acids is 1. The largest absolute Gasteiger partial charge is 0.481 e. The highest BCUT2D eigenvalue weighted by atomic mass is 16.5. The fourth-order valence-corrected chi connectivity index (χ4v) is 8.83. The predicted octanol–water partition coefficient (Wildman–Crippen LogP) is 5.49. The molecule has 4 fully saturated rings. The first-order valence-corrected chi connectivity index (χ1v) is 12.0. The molecule has 1 heterocycles. The summed E-state index contributed by atoms with van der Waals surface area (Å²) in [5, 5.41) is 10.1. The van der Waals surface area contributed by atoms with E-state index < -0.39 is 11.4 Å². The molecule has 5 rings (SSSR count). The highest BCUT2D eigenvalue weighted by molar-refractivity contribution is 5.89. The second-order valence-corrected chi connectivity index (χ2v) is 11.8. The summed E-state index contributed by atoms with van der Waals surface area (Å²) >= 11 is 0. The number of fused-ring (bicyclic) bond motifs is 3. The van der Waals surface area contributed by atoms with Gasteiger partial charge in [0.25, 0.3) is 0 Å². The molecular formula is C26H35NO4. The Bertz CT molecular complexity index is 902. The Kier molecular flexibility index (Phi) is 4.59. The van der Waals surface area contributed by atoms with Gasteiger partial charge in [-0.25, -0.2) is 4.79 Å². The molecule has 4 aliphatic carbocycles. The number of ether oxygens (including phenoxy) is 1. The number of esters is 1. The molecule has 5 heteroatoms. The van der Waals surface area contributed by atoms with Crippen LogP contribution in [0.3, 0.4) is 0 Å². The molecule has 1 unspecified atom stereocenters. The standard InChI is InChI=1S/C26H35NO4/c1-23-11-7-19-24(2)9-5-10-25(3,22(29)30)18(24)8-12-26(19,16-23)14-20(23)31-21(28)17-6-4-13-27-15-17/h4,6,13,15,18-20H,5,7-12,14,16H2,1-3H3,(H,29,30)/t18-,19-,20+,23-,24+,25+,26?/m0/s1. The number of carboxylic acid groups (broad SMARTS) is 1. The first-order valence-electron chi connectivity index (χ1n) is 12.0. The minimum atomic E-state index is -0.616. The van der Waals surface area contributed by atoms with Crippen molar-refractivity contribution in [3.8, 4) is 0 Å². The number of hydrogen-bond donors (Lipinski definition) is 1. The maximum absolute atomic E-state index is 12.8. The monoisotopic (exact) mass is 425 g/mol. The van der Waals surface area contributed by atoms with Crippen molar-refractivity contribution in [1.29, 1.82) is 0 Å². The number of rotatable bonds is 3. The molecule has 0 aromatic carbocycles. The van der Waals surface area contributed by atoms with E-state index in [1.54, 1.807) is 24.5 Å². The Morgan fingerprint density at radius 1 is 1.10 bits per heavy atom. The summed E-state index contributed by atoms with van der Waals surface area (Å²) in [6.45, 7) is 6.69. The third kappa shape index (κ3) is 2.91. The molecule has 0 saturated heterocycles. The smallest absolute Gasteiger partial charge is 0.339 e. The Labute approximate surface area is 185 Å². The van der Waals surface area contributed by atoms with Crippen LogP contribution in [0.1, 0.15) is 88.9 Å². The minimum absolute atomic E-state index is 0.0162. The minimum Gasteiger partial charge on any atom is -0.481 e. The first-order chi connectivity index (χ1) is 14.6. The molecule has 1 N–H and O–H groups in total. The molecule has 5 nitrogen and oxygen atoms in total. The molecule has 0 amide bonds. The Balaban J connectivity index is 1.43. The van der Waals surface area contributed by atoms with Gasteiger partial charge in [-0.3, -0.25) is 9.78 Å². The molecule has 0 aliphatic heterocycles. The van der Waals surface area contributed by atoms with E-state index in [1.165, 1.54) is 0 Å². The average molecular weight is 426 g/mol. The number of carboxylic acids is 1. The number of carbonyl (C=O) groups is 2. The zero-order valence-corrected chi connectivity index (χ0v) is 19.0. The van der Waals surface area contributed by atoms with Crippen LogP contribution in [0.4, 0.5) is 0 Å². The maximum atomic E-state index is 12.8. The zero-order chi connectivity index (χ0) is 22.1. The van der Waals surface area contributed by atoms with Gasteiger partial charge in [0.2, 0.25) is 0 Å². The lowest BCUT2D eigenvalue weighted by molar-refractivity contribution is -0.182. The van der Waals surface area contributed by atoms with Crippen LogP contribution >= 0.6 is 0 Å². The molecule has 0 radical (unpaired) electrons. The Morgan fingerprint density at radius 2 is 1.87 bits per heavy atom. The topological polar surface area (TPSA) is 76.5 Å². The van der Waals surface area contributed by atoms with Crippen molar-refractivity contribution in [2.45, 2.75) is 84.7 Å². The van der Waals surface area contributed by atoms with E-state index in [2.05, 4.69) is 18.8 Å². The van der Waals surface area contributed by atoms with Gasteiger partial charge in [-0.1, -0.05) is 20.3 Å². The number of pyridine rings is 1. The lowest BCUT2D eigenvalue weighted by atomic mass is 9.40. The molecule has 4 aliphatic rings. The van der Waals surface area contributed by atoms with Gasteiger partial charge < -0.3 is 9.84 Å². The summed E-state index contributed by atoms with van der Waals surface area (Å²) in [4.78, 5) is 29.2. The van der Waals surface area contributed by atoms with Crippen LogP contribution in [0, 0.1) is 33.5 Å². The van der Waals surface area contributed by atoms with E-state index in [9.17, 15) is 14.7 Å². The molecule has 168 valence electrons. The van der Waals surface area contributed by atoms with Gasteiger partial charge in [0.1, 0.15) is 6.10 Å². The van der Waals surface area contributed by atoms with Gasteiger partial charge >= 0.3 is 11.9 Å². The molecule has 1 aromatic heterocycles. The maximum Gasteiger partial charge on any atom is 0.339 e. The van der Waals surface area contributed by atoms with E-state index in [4.69, 9.17) is 4.74 Å². The molecule has 4 saturated carbocycles. The average Bonchev–Trinajstić information content (AvgIpc) is 2.93. The molecular weight excluding hydrogens is 390 g/mol. The third-order valence-electron chi connectivity index (χ3n) is 10.2. The van der Waals surface area contributed by atoms with Crippen molar-refractivity contribution in [3.63, 3.8) is 0 Å². The fraction of sp³-hybridized carbons (Fsp3) is 0.731. The summed E-state index contributed by atoms with van der Waals surface area (Å²) in [6.07, 6.45) is 12.3. The first kappa shape index (κ1) is 21.0. The Hall–Kier alpha value is -1.91. The number of hydrogen-bond acceptors (Lipinski definition) is 4. The van der Waals surface area contributed by atoms with Crippen molar-refractivity contribution in [2.75, 3.05) is 0 Å². The lowest BCUT2D eigenvalue weighted by Crippen LogP contribution is -2.58. The molecule has 7 atom stereocenters. The van der Waals surface area contributed by atoms with Crippen LogP contribution in [0.2, 0.25) is 0 Å². The van der Waals surface area contributed by atoms with Crippen LogP contribution < -0.4 is 0 Å². The highest BCUT2D eigenvalue weighted by Gasteiger charge is 2.68. The molecule has 2 bridgehead atoms. The van der Waals surface area contributed by atoms with Gasteiger partial charge in [0.15, 0.2) is 0 Å². The lowest BCUT2D eigenvalue weighted by Gasteiger charge is -2.63. The summed E-state index contributed by atoms with van der Waals surface area (Å²) < 4.78 is 6.13. The van der Waals surface area contributed by atoms with Crippen molar-refractivity contribution in [3.05, 3.63) is 30.1 Å². The highest BCUT2D eigenvalue weighted by Crippen LogP contribution is 2.74. The van der Waals surface area contributed by atoms with Crippen LogP contribution in [0.5, 0.6) is 0 Å². The molecule has 1 aromatic rings. The summed E-state index contributed by atoms with van der Waals surface area (Å²) in [5.74, 6) is -0.123. The quantitative estimate of drug-likeness (QED) is 0.648. The normalized spacial score (nSPS) is 46.0. The third-order valence-corrected chi connectivity index (χ3v) is 10.2. The fourth-order valence-electron chi connectivity index (χ4n) is 8.83. The van der Waals surface area contributed by atoms with Crippen molar-refractivity contribution in [2.24, 2.45) is 33.5 Å². The van der Waals surface area contributed by atoms with Crippen LogP contribution in [0.25, 0.3) is 0 Å². The van der Waals surface area contributed by atoms with E-state index in [0.717, 1.165) is 57.8 Å². The molecule has 31 heavy (non-hydrogen) atoms. The second kappa shape index (κ2) is 6.79. The SMILES string of the molecule is C[C@@]12CC[C@@H]3C(CC[C@H]4[C@@]3(C)CCC[C@@]4(C)C(=O)O)(C[C@H]1OC(=O)c1cccnc1)C2. The van der Waals surface area contributed by atoms with Gasteiger partial charge in [-0.05, 0) is 93.1 Å². The Morgan fingerprint density at radius 3 is 2.58 bits per heavy atom. The van der Waals surface area contributed by atoms with E-state index in [0.29, 0.717) is 11.5 Å². The van der Waals surface area contributed by atoms with Crippen LogP contribution in [-0.4, -0.2) is 28.1 Å². The van der Waals surface area contributed by atoms with Crippen molar-refractivity contribution >= 4 is 11.9 Å². The van der Waals surface area contributed by atoms with Gasteiger partial charge in [0.05, 0.1) is 11.0 Å². The summed E-state index contributed by atoms with van der Waals surface area (Å²) in [5.41, 5.74) is 0.159. The number of aromatic nitrogens is 1. The second-order valence-electron chi connectivity index (χ2n) is 11.8. The number of nitrogens with zero attached hydrogens (tertiary/aromatic N) is 1. The van der Waals surface area contributed by atoms with E-state index >= 15 is 0 Å². The predicted molar refractivity (Wildman–Crippen MR) is 116 cm³/mol. The van der Waals surface area contributed by atoms with E-state index in [-0.39, 0.29) is 34.2 Å². The molecule has 1 spiro atoms. The van der Waals surface area contributed by atoms with Gasteiger partial charge in [-0.2, -0.15) is 0 Å². The summed E-state index contributed by atoms with van der Waals surface area (Å²) in [7, 11) is 0. The van der Waals surface area contributed by atoms with Crippen LogP contribution in [0.15, 0.2) is 24.5 Å². The van der Waals surface area contributed by atoms with Gasteiger partial charge in [-0.15, -0.1) is 0 Å². The zero-order valence-electron chi connectivity index (χ0n) is 19.0. The van der Waals surface area contributed by atoms with Crippen molar-refractivity contribution < 1.29 is 19.4 Å².